The van der Waals surface area contributed by atoms with Crippen LogP contribution in [0.4, 0.5) is 62.6 Å². The molecule has 0 saturated carbocycles. The molecule has 0 spiro atoms. The predicted molar refractivity (Wildman–Crippen MR) is 316 cm³/mol. The summed E-state index contributed by atoms with van der Waals surface area (Å²) in [5.41, 5.74) is 11.1. The van der Waals surface area contributed by atoms with Crippen LogP contribution in [0.15, 0.2) is 266 Å². The molecule has 13 heteroatoms. The molecule has 0 aliphatic heterocycles. The summed E-state index contributed by atoms with van der Waals surface area (Å²) in [6.45, 7) is 0. The van der Waals surface area contributed by atoms with Gasteiger partial charge in [0, 0.05) is 109 Å². The van der Waals surface area contributed by atoms with Crippen molar-refractivity contribution in [2.45, 2.75) is 6.42 Å². The van der Waals surface area contributed by atoms with Crippen molar-refractivity contribution in [3.8, 4) is 5.69 Å². The summed E-state index contributed by atoms with van der Waals surface area (Å²) in [5, 5.41) is 41.8. The zero-order valence-corrected chi connectivity index (χ0v) is 42.1. The number of allylic oxidation sites excluding steroid dienone is 7. The molecule has 11 aromatic rings. The Kier molecular flexibility index (Phi) is 11.9. The Hall–Kier alpha value is -10.9. The molecule has 0 saturated heterocycles. The number of nitro benzene ring substituents is 3. The van der Waals surface area contributed by atoms with Gasteiger partial charge in [0.25, 0.3) is 17.1 Å². The van der Waals surface area contributed by atoms with Gasteiger partial charge < -0.3 is 19.3 Å². The Balaban J connectivity index is 1.05. The monoisotopic (exact) mass is 1030 g/mol. The maximum atomic E-state index is 12.0. The van der Waals surface area contributed by atoms with Crippen LogP contribution in [0.25, 0.3) is 49.0 Å². The average Bonchev–Trinajstić information content (AvgIpc) is 4.08. The van der Waals surface area contributed by atoms with Crippen molar-refractivity contribution in [1.29, 1.82) is 0 Å². The molecule has 1 aromatic heterocycles. The standard InChI is InChI=1S/C66H45N7O6/c74-71(75)52-32-26-48(27-33-52)67(62-19-7-13-44-10-1-4-16-57(44)62)47-22-24-51(25-23-47)70-65-42-55(68(49-28-34-53(35-29-49)72(76)77)63-20-8-14-45-11-2-5-17-58(45)63)38-40-60(65)61-41-39-56(43-66(61)70)69(50-30-36-54(37-31-50)73(78)79)64-21-9-15-46-12-3-6-18-59(46)64/h1-14,16-43,46H,15H2. The van der Waals surface area contributed by atoms with E-state index in [-0.39, 0.29) is 27.9 Å². The van der Waals surface area contributed by atoms with Gasteiger partial charge in [-0.25, -0.2) is 0 Å². The Morgan fingerprint density at radius 3 is 1.32 bits per heavy atom. The molecule has 13 nitrogen and oxygen atoms in total. The van der Waals surface area contributed by atoms with Crippen LogP contribution in [-0.2, 0) is 0 Å². The van der Waals surface area contributed by atoms with Gasteiger partial charge in [-0.15, -0.1) is 0 Å². The molecular formula is C66H45N7O6. The number of fused-ring (bicyclic) bond motifs is 6. The zero-order chi connectivity index (χ0) is 53.7. The summed E-state index contributed by atoms with van der Waals surface area (Å²) in [7, 11) is 0. The highest BCUT2D eigenvalue weighted by Crippen LogP contribution is 2.46. The molecule has 0 N–H and O–H groups in total. The van der Waals surface area contributed by atoms with E-state index in [1.807, 2.05) is 42.5 Å². The molecule has 1 unspecified atom stereocenters. The summed E-state index contributed by atoms with van der Waals surface area (Å²) in [6.07, 6.45) is 13.6. The highest BCUT2D eigenvalue weighted by molar-refractivity contribution is 6.12. The number of aromatic nitrogens is 1. The van der Waals surface area contributed by atoms with Crippen LogP contribution in [0.5, 0.6) is 0 Å². The van der Waals surface area contributed by atoms with Gasteiger partial charge in [0.15, 0.2) is 0 Å². The number of nitrogens with zero attached hydrogens (tertiary/aromatic N) is 7. The molecule has 0 radical (unpaired) electrons. The summed E-state index contributed by atoms with van der Waals surface area (Å²) in [5.74, 6) is 0.151. The molecule has 1 atom stereocenters. The Morgan fingerprint density at radius 2 is 0.823 bits per heavy atom. The van der Waals surface area contributed by atoms with E-state index >= 15 is 0 Å². The van der Waals surface area contributed by atoms with E-state index in [0.29, 0.717) is 0 Å². The molecule has 10 aromatic carbocycles. The minimum absolute atomic E-state index is 0.00685. The third kappa shape index (κ3) is 8.57. The van der Waals surface area contributed by atoms with Gasteiger partial charge in [-0.1, -0.05) is 115 Å². The second-order valence-corrected chi connectivity index (χ2v) is 19.4. The first-order chi connectivity index (χ1) is 38.7. The number of nitro groups is 3. The van der Waals surface area contributed by atoms with Gasteiger partial charge in [0.1, 0.15) is 0 Å². The van der Waals surface area contributed by atoms with Gasteiger partial charge in [-0.05, 0) is 126 Å². The van der Waals surface area contributed by atoms with Gasteiger partial charge in [-0.3, -0.25) is 30.3 Å². The number of hydrogen-bond acceptors (Lipinski definition) is 9. The fourth-order valence-electron chi connectivity index (χ4n) is 11.3. The van der Waals surface area contributed by atoms with Crippen molar-refractivity contribution >= 4 is 106 Å². The van der Waals surface area contributed by atoms with E-state index in [4.69, 9.17) is 0 Å². The highest BCUT2D eigenvalue weighted by atomic mass is 16.6. The number of rotatable bonds is 13. The third-order valence-corrected chi connectivity index (χ3v) is 14.9. The normalized spacial score (nSPS) is 13.7. The zero-order valence-electron chi connectivity index (χ0n) is 42.1. The smallest absolute Gasteiger partial charge is 0.269 e. The first kappa shape index (κ1) is 47.8. The van der Waals surface area contributed by atoms with E-state index in [2.05, 4.69) is 159 Å². The minimum atomic E-state index is -0.397. The molecule has 0 amide bonds. The lowest BCUT2D eigenvalue weighted by molar-refractivity contribution is -0.385. The largest absolute Gasteiger partial charge is 0.310 e. The van der Waals surface area contributed by atoms with Gasteiger partial charge in [0.05, 0.1) is 37.2 Å². The molecule has 0 bridgehead atoms. The number of hydrogen-bond donors (Lipinski definition) is 0. The topological polar surface area (TPSA) is 144 Å². The Bertz CT molecular complexity index is 4380. The lowest BCUT2D eigenvalue weighted by atomic mass is 9.86. The number of benzene rings is 10. The number of non-ortho nitro benzene ring substituents is 3. The first-order valence-corrected chi connectivity index (χ1v) is 25.7. The maximum absolute atomic E-state index is 12.0. The van der Waals surface area contributed by atoms with Crippen LogP contribution in [0.1, 0.15) is 6.42 Å². The van der Waals surface area contributed by atoms with Crippen LogP contribution >= 0.6 is 0 Å². The molecule has 2 aliphatic carbocycles. The third-order valence-electron chi connectivity index (χ3n) is 14.9. The Morgan fingerprint density at radius 1 is 0.405 bits per heavy atom. The van der Waals surface area contributed by atoms with Crippen LogP contribution in [0, 0.1) is 36.3 Å². The lowest BCUT2D eigenvalue weighted by Crippen LogP contribution is -2.21. The highest BCUT2D eigenvalue weighted by Gasteiger charge is 2.27. The average molecular weight is 1030 g/mol. The molecule has 380 valence electrons. The molecule has 1 heterocycles. The molecule has 13 rings (SSSR count). The van der Waals surface area contributed by atoms with E-state index in [1.54, 1.807) is 36.4 Å². The summed E-state index contributed by atoms with van der Waals surface area (Å²) in [4.78, 5) is 41.0. The van der Waals surface area contributed by atoms with Crippen molar-refractivity contribution in [3.63, 3.8) is 0 Å². The van der Waals surface area contributed by atoms with Gasteiger partial charge >= 0.3 is 0 Å². The van der Waals surface area contributed by atoms with Crippen molar-refractivity contribution in [2.24, 2.45) is 5.92 Å². The van der Waals surface area contributed by atoms with Crippen molar-refractivity contribution in [3.05, 3.63) is 296 Å². The van der Waals surface area contributed by atoms with Crippen LogP contribution in [-0.4, -0.2) is 19.3 Å². The molecule has 0 fully saturated rings. The van der Waals surface area contributed by atoms with E-state index in [0.717, 1.165) is 112 Å². The fraction of sp³-hybridized carbons (Fsp3) is 0.0303. The van der Waals surface area contributed by atoms with Crippen molar-refractivity contribution in [2.75, 3.05) is 14.7 Å². The van der Waals surface area contributed by atoms with Crippen molar-refractivity contribution < 1.29 is 14.8 Å². The van der Waals surface area contributed by atoms with E-state index in [9.17, 15) is 30.3 Å². The predicted octanol–water partition coefficient (Wildman–Crippen LogP) is 17.8. The molecule has 2 aliphatic rings. The van der Waals surface area contributed by atoms with Crippen molar-refractivity contribution in [1.82, 2.24) is 4.57 Å². The Labute approximate surface area is 452 Å². The van der Waals surface area contributed by atoms with Gasteiger partial charge in [-0.2, -0.15) is 0 Å². The fourth-order valence-corrected chi connectivity index (χ4v) is 11.3. The molecule has 79 heavy (non-hydrogen) atoms. The van der Waals surface area contributed by atoms with Crippen LogP contribution in [0.3, 0.4) is 0 Å². The summed E-state index contributed by atoms with van der Waals surface area (Å²) < 4.78 is 2.25. The van der Waals surface area contributed by atoms with Crippen LogP contribution < -0.4 is 14.7 Å². The second kappa shape index (κ2) is 19.7. The lowest BCUT2D eigenvalue weighted by Gasteiger charge is -2.32. The number of anilines is 8. The van der Waals surface area contributed by atoms with E-state index < -0.39 is 9.85 Å². The SMILES string of the molecule is O=[N+]([O-])c1ccc(N(C2=C3C=CC=CC3CC=C2)c2ccc3c4ccc(N(c5ccc([N+](=O)[O-])cc5)c5cccc6ccccc56)cc4n(-c4ccc(N(c5ccc([N+](=O)[O-])cc5)c5cccc6ccccc56)cc4)c3c2)cc1. The van der Waals surface area contributed by atoms with Crippen LogP contribution in [0.2, 0.25) is 0 Å². The minimum Gasteiger partial charge on any atom is -0.310 e. The second-order valence-electron chi connectivity index (χ2n) is 19.4. The maximum Gasteiger partial charge on any atom is 0.269 e. The molecular weight excluding hydrogens is 987 g/mol. The van der Waals surface area contributed by atoms with E-state index in [1.165, 1.54) is 36.4 Å². The first-order valence-electron chi connectivity index (χ1n) is 25.7. The summed E-state index contributed by atoms with van der Waals surface area (Å²) >= 11 is 0. The van der Waals surface area contributed by atoms with Gasteiger partial charge in [0.2, 0.25) is 0 Å². The quantitative estimate of drug-likeness (QED) is 0.0814. The summed E-state index contributed by atoms with van der Waals surface area (Å²) in [6, 6.07) is 69.5.